The zero-order valence-corrected chi connectivity index (χ0v) is 8.00. The molecule has 27 valence electrons. The third-order valence-corrected chi connectivity index (χ3v) is 0. The van der Waals surface area contributed by atoms with Crippen LogP contribution in [0.2, 0.25) is 0 Å². The maximum atomic E-state index is 0. The molecule has 0 aliphatic heterocycles. The molecule has 5 radical (unpaired) electrons. The van der Waals surface area contributed by atoms with Crippen LogP contribution in [0.3, 0.4) is 0 Å². The topological polar surface area (TPSA) is 31.5 Å². The van der Waals surface area contributed by atoms with E-state index in [9.17, 15) is 0 Å². The van der Waals surface area contributed by atoms with E-state index in [0.717, 1.165) is 0 Å². The van der Waals surface area contributed by atoms with Crippen LogP contribution >= 0.6 is 0 Å². The number of rotatable bonds is 0. The molecule has 0 saturated carbocycles. The molecular formula is H2BiFeOSe. The van der Waals surface area contributed by atoms with Gasteiger partial charge in [-0.3, -0.25) is 0 Å². The minimum atomic E-state index is 0. The second-order valence-electron chi connectivity index (χ2n) is 0. The van der Waals surface area contributed by atoms with Crippen molar-refractivity contribution in [1.29, 1.82) is 0 Å². The Morgan fingerprint density at radius 1 is 1.00 bits per heavy atom. The average Bonchev–Trinajstić information content (AvgIpc) is 0. The van der Waals surface area contributed by atoms with Crippen LogP contribution in [0.4, 0.5) is 0 Å². The summed E-state index contributed by atoms with van der Waals surface area (Å²) in [5.41, 5.74) is 0. The predicted octanol–water partition coefficient (Wildman–Crippen LogP) is -1.59. The van der Waals surface area contributed by atoms with Gasteiger partial charge in [0.1, 0.15) is 0 Å². The quantitative estimate of drug-likeness (QED) is 0.466. The molecular weight excluding hydrogens is 360 g/mol. The van der Waals surface area contributed by atoms with Gasteiger partial charge in [0.05, 0.1) is 0 Å². The minimum Gasteiger partial charge on any atom is -0.412 e. The SMILES string of the molecule is O.[Bi].[Fe].[Se]. The molecule has 0 aromatic carbocycles. The van der Waals surface area contributed by atoms with Gasteiger partial charge in [-0.15, -0.1) is 0 Å². The summed E-state index contributed by atoms with van der Waals surface area (Å²) in [6.45, 7) is 0. The average molecular weight is 362 g/mol. The van der Waals surface area contributed by atoms with Gasteiger partial charge in [-0.25, -0.2) is 0 Å². The molecule has 0 amide bonds. The normalized spacial score (nSPS) is 0. The molecule has 0 aromatic heterocycles. The van der Waals surface area contributed by atoms with Crippen LogP contribution < -0.4 is 0 Å². The molecule has 1 nitrogen and oxygen atoms in total. The van der Waals surface area contributed by atoms with Crippen LogP contribution in [0, 0.1) is 0 Å². The number of hydrogen-bond donors (Lipinski definition) is 0. The Labute approximate surface area is 65.3 Å². The fourth-order valence-corrected chi connectivity index (χ4v) is 0. The molecule has 0 heterocycles. The largest absolute Gasteiger partial charge is 0.412 e. The second kappa shape index (κ2) is 20.8. The van der Waals surface area contributed by atoms with Crippen molar-refractivity contribution in [2.24, 2.45) is 0 Å². The fourth-order valence-electron chi connectivity index (χ4n) is 0. The van der Waals surface area contributed by atoms with Crippen molar-refractivity contribution in [3.05, 3.63) is 0 Å². The molecule has 0 aliphatic rings. The third kappa shape index (κ3) is 9.10. The Hall–Kier alpha value is 1.88. The minimum absolute atomic E-state index is 0. The monoisotopic (exact) mass is 363 g/mol. The first-order valence-corrected chi connectivity index (χ1v) is 0. The standard InChI is InChI=1S/Bi.Fe.H2O.Se/h;;1H2;. The molecule has 0 atom stereocenters. The maximum Gasteiger partial charge on any atom is 0 e. The van der Waals surface area contributed by atoms with E-state index < -0.39 is 0 Å². The van der Waals surface area contributed by atoms with Crippen molar-refractivity contribution in [1.82, 2.24) is 0 Å². The molecule has 0 aliphatic carbocycles. The van der Waals surface area contributed by atoms with Gasteiger partial charge in [0.15, 0.2) is 0 Å². The molecule has 0 fully saturated rings. The molecule has 0 unspecified atom stereocenters. The van der Waals surface area contributed by atoms with E-state index in [1.54, 1.807) is 0 Å². The molecule has 4 heavy (non-hydrogen) atoms. The summed E-state index contributed by atoms with van der Waals surface area (Å²) < 4.78 is 0. The van der Waals surface area contributed by atoms with Crippen molar-refractivity contribution < 1.29 is 22.5 Å². The summed E-state index contributed by atoms with van der Waals surface area (Å²) >= 11 is 0. The molecule has 0 aromatic rings. The Balaban J connectivity index is 0. The zero-order valence-electron chi connectivity index (χ0n) is 1.71. The molecule has 4 heteroatoms. The molecule has 0 rings (SSSR count). The summed E-state index contributed by atoms with van der Waals surface area (Å²) in [6, 6.07) is 0. The van der Waals surface area contributed by atoms with Crippen molar-refractivity contribution >= 4 is 43.3 Å². The summed E-state index contributed by atoms with van der Waals surface area (Å²) in [5.74, 6) is 0. The van der Waals surface area contributed by atoms with Gasteiger partial charge >= 0.3 is 0 Å². The summed E-state index contributed by atoms with van der Waals surface area (Å²) in [5, 5.41) is 0. The van der Waals surface area contributed by atoms with E-state index in [2.05, 4.69) is 0 Å². The van der Waals surface area contributed by atoms with E-state index >= 15 is 0 Å². The second-order valence-corrected chi connectivity index (χ2v) is 0. The Morgan fingerprint density at radius 3 is 1.00 bits per heavy atom. The Morgan fingerprint density at radius 2 is 1.00 bits per heavy atom. The number of hydrogen-bond acceptors (Lipinski definition) is 0. The van der Waals surface area contributed by atoms with Crippen molar-refractivity contribution in [3.8, 4) is 0 Å². The van der Waals surface area contributed by atoms with Gasteiger partial charge in [-0.2, -0.15) is 0 Å². The van der Waals surface area contributed by atoms with E-state index in [0.29, 0.717) is 0 Å². The predicted molar refractivity (Wildman–Crippen MR) is 15.1 cm³/mol. The fraction of sp³-hybridized carbons (Fsp3) is 0. The van der Waals surface area contributed by atoms with E-state index in [-0.39, 0.29) is 65.8 Å². The van der Waals surface area contributed by atoms with E-state index in [1.165, 1.54) is 0 Å². The maximum absolute atomic E-state index is 0. The first kappa shape index (κ1) is 39.6. The van der Waals surface area contributed by atoms with Gasteiger partial charge < -0.3 is 5.48 Å². The van der Waals surface area contributed by atoms with Crippen LogP contribution in [-0.2, 0) is 17.1 Å². The van der Waals surface area contributed by atoms with E-state index in [4.69, 9.17) is 0 Å². The summed E-state index contributed by atoms with van der Waals surface area (Å²) in [7, 11) is 0. The van der Waals surface area contributed by atoms with Crippen LogP contribution in [0.15, 0.2) is 0 Å². The molecule has 0 saturated heterocycles. The van der Waals surface area contributed by atoms with Gasteiger partial charge in [0, 0.05) is 60.3 Å². The van der Waals surface area contributed by atoms with Crippen molar-refractivity contribution in [2.75, 3.05) is 0 Å². The molecule has 2 N–H and O–H groups in total. The van der Waals surface area contributed by atoms with Crippen LogP contribution in [0.25, 0.3) is 0 Å². The Bertz CT molecular complexity index is 8.00. The van der Waals surface area contributed by atoms with Crippen molar-refractivity contribution in [2.45, 2.75) is 0 Å². The van der Waals surface area contributed by atoms with Gasteiger partial charge in [-0.05, 0) is 0 Å². The van der Waals surface area contributed by atoms with Crippen LogP contribution in [0.5, 0.6) is 0 Å². The van der Waals surface area contributed by atoms with Crippen LogP contribution in [-0.4, -0.2) is 48.7 Å². The smallest absolute Gasteiger partial charge is 0 e. The Kier molecular flexibility index (Phi) is 206. The third-order valence-electron chi connectivity index (χ3n) is 0. The van der Waals surface area contributed by atoms with Crippen LogP contribution in [0.1, 0.15) is 0 Å². The zero-order chi connectivity index (χ0) is 0. The van der Waals surface area contributed by atoms with Gasteiger partial charge in [-0.1, -0.05) is 0 Å². The molecule has 0 spiro atoms. The summed E-state index contributed by atoms with van der Waals surface area (Å²) in [6.07, 6.45) is 0. The van der Waals surface area contributed by atoms with E-state index in [1.807, 2.05) is 0 Å². The van der Waals surface area contributed by atoms with Gasteiger partial charge in [0.2, 0.25) is 0 Å². The first-order valence-electron chi connectivity index (χ1n) is 0. The summed E-state index contributed by atoms with van der Waals surface area (Å²) in [4.78, 5) is 0. The molecule has 0 bridgehead atoms. The van der Waals surface area contributed by atoms with Gasteiger partial charge in [0.25, 0.3) is 0 Å². The van der Waals surface area contributed by atoms with Crippen molar-refractivity contribution in [3.63, 3.8) is 0 Å². The first-order chi connectivity index (χ1) is 0.